The second-order valence-corrected chi connectivity index (χ2v) is 14.0. The lowest BCUT2D eigenvalue weighted by atomic mass is 10.1. The van der Waals surface area contributed by atoms with Gasteiger partial charge in [0.25, 0.3) is 10.0 Å². The van der Waals surface area contributed by atoms with Crippen molar-refractivity contribution in [3.8, 4) is 5.75 Å². The summed E-state index contributed by atoms with van der Waals surface area (Å²) in [5.41, 5.74) is 1.75. The maximum Gasteiger partial charge on any atom is 0.410 e. The van der Waals surface area contributed by atoms with Crippen LogP contribution in [0.3, 0.4) is 0 Å². The fourth-order valence-electron chi connectivity index (χ4n) is 4.45. The Hall–Kier alpha value is -3.02. The molecule has 2 atom stereocenters. The van der Waals surface area contributed by atoms with E-state index in [2.05, 4.69) is 10.3 Å². The van der Waals surface area contributed by atoms with E-state index in [1.54, 1.807) is 35.7 Å². The summed E-state index contributed by atoms with van der Waals surface area (Å²) in [6.45, 7) is 10.6. The Bertz CT molecular complexity index is 1460. The number of anilines is 2. The number of ether oxygens (including phenoxy) is 2. The van der Waals surface area contributed by atoms with Crippen LogP contribution in [0.4, 0.5) is 15.6 Å². The van der Waals surface area contributed by atoms with Crippen LogP contribution in [-0.2, 0) is 21.3 Å². The summed E-state index contributed by atoms with van der Waals surface area (Å²) in [6, 6.07) is 10.1. The number of sulfonamides is 1. The summed E-state index contributed by atoms with van der Waals surface area (Å²) in [6.07, 6.45) is 1.22. The number of nitrogens with zero attached hydrogens (tertiary/aromatic N) is 3. The maximum absolute atomic E-state index is 13.9. The number of halogens is 1. The molecule has 1 N–H and O–H groups in total. The van der Waals surface area contributed by atoms with E-state index >= 15 is 0 Å². The van der Waals surface area contributed by atoms with Crippen molar-refractivity contribution in [2.24, 2.45) is 5.92 Å². The first-order valence-corrected chi connectivity index (χ1v) is 15.6. The average molecular weight is 607 g/mol. The van der Waals surface area contributed by atoms with Crippen LogP contribution >= 0.6 is 22.9 Å². The maximum atomic E-state index is 13.9. The first-order valence-electron chi connectivity index (χ1n) is 12.9. The van der Waals surface area contributed by atoms with Gasteiger partial charge in [0.05, 0.1) is 29.3 Å². The van der Waals surface area contributed by atoms with Crippen LogP contribution in [0.1, 0.15) is 38.8 Å². The van der Waals surface area contributed by atoms with Crippen molar-refractivity contribution in [2.45, 2.75) is 57.7 Å². The fraction of sp³-hybridized carbons (Fsp3) is 0.429. The highest BCUT2D eigenvalue weighted by atomic mass is 35.5. The van der Waals surface area contributed by atoms with E-state index in [4.69, 9.17) is 21.1 Å². The number of amides is 1. The van der Waals surface area contributed by atoms with E-state index in [0.717, 1.165) is 11.1 Å². The van der Waals surface area contributed by atoms with Gasteiger partial charge in [-0.2, -0.15) is 0 Å². The molecule has 40 heavy (non-hydrogen) atoms. The minimum absolute atomic E-state index is 0.0549. The Kier molecular flexibility index (Phi) is 8.86. The number of aryl methyl sites for hydroxylation is 1. The third-order valence-electron chi connectivity index (χ3n) is 6.63. The van der Waals surface area contributed by atoms with Crippen molar-refractivity contribution >= 4 is 49.9 Å². The van der Waals surface area contributed by atoms with Crippen molar-refractivity contribution in [2.75, 3.05) is 29.8 Å². The van der Waals surface area contributed by atoms with E-state index in [1.165, 1.54) is 27.8 Å². The zero-order chi connectivity index (χ0) is 29.2. The predicted octanol–water partition coefficient (Wildman–Crippen LogP) is 6.18. The van der Waals surface area contributed by atoms with Crippen LogP contribution in [0, 0.1) is 12.8 Å². The highest BCUT2D eigenvalue weighted by Gasteiger charge is 2.35. The van der Waals surface area contributed by atoms with Gasteiger partial charge in [-0.05, 0) is 75.1 Å². The molecule has 9 nitrogen and oxygen atoms in total. The van der Waals surface area contributed by atoms with Crippen LogP contribution in [0.5, 0.6) is 5.75 Å². The molecule has 0 aliphatic carbocycles. The molecule has 2 aromatic carbocycles. The smallest absolute Gasteiger partial charge is 0.410 e. The van der Waals surface area contributed by atoms with Gasteiger partial charge >= 0.3 is 6.09 Å². The molecule has 1 saturated heterocycles. The van der Waals surface area contributed by atoms with Crippen molar-refractivity contribution in [1.29, 1.82) is 0 Å². The number of methoxy groups -OCH3 is 1. The van der Waals surface area contributed by atoms with Crippen LogP contribution in [0.2, 0.25) is 5.02 Å². The van der Waals surface area contributed by atoms with Gasteiger partial charge in [0.15, 0.2) is 5.13 Å². The highest BCUT2D eigenvalue weighted by molar-refractivity contribution is 7.93. The quantitative estimate of drug-likeness (QED) is 0.327. The Morgan fingerprint density at radius 3 is 2.58 bits per heavy atom. The molecule has 1 aromatic heterocycles. The van der Waals surface area contributed by atoms with Gasteiger partial charge in [0, 0.05) is 30.7 Å². The molecule has 4 rings (SSSR count). The predicted molar refractivity (Wildman–Crippen MR) is 159 cm³/mol. The van der Waals surface area contributed by atoms with Gasteiger partial charge < -0.3 is 19.7 Å². The molecule has 0 radical (unpaired) electrons. The number of nitrogens with one attached hydrogen (secondary N) is 1. The summed E-state index contributed by atoms with van der Waals surface area (Å²) < 4.78 is 39.9. The SMILES string of the molecule is COc1ccc(CN(c2nccs2)S(=O)(=O)c2ccc(NC3CN(C(=O)OC(C)(C)C)C[C@H]3C)c(Cl)c2)c(C)c1. The van der Waals surface area contributed by atoms with Gasteiger partial charge in [-0.3, -0.25) is 0 Å². The Balaban J connectivity index is 1.55. The van der Waals surface area contributed by atoms with Crippen LogP contribution in [0.15, 0.2) is 52.9 Å². The molecule has 3 aromatic rings. The molecule has 216 valence electrons. The van der Waals surface area contributed by atoms with E-state index in [-0.39, 0.29) is 34.5 Å². The molecule has 1 unspecified atom stereocenters. The van der Waals surface area contributed by atoms with Gasteiger partial charge in [-0.15, -0.1) is 11.3 Å². The van der Waals surface area contributed by atoms with Gasteiger partial charge in [-0.25, -0.2) is 22.5 Å². The normalized spacial score (nSPS) is 17.5. The van der Waals surface area contributed by atoms with Crippen LogP contribution in [-0.4, -0.2) is 56.2 Å². The summed E-state index contributed by atoms with van der Waals surface area (Å²) in [7, 11) is -2.41. The monoisotopic (exact) mass is 606 g/mol. The number of rotatable bonds is 8. The number of carbonyl (C=O) groups excluding carboxylic acids is 1. The van der Waals surface area contributed by atoms with Crippen molar-refractivity contribution in [1.82, 2.24) is 9.88 Å². The second kappa shape index (κ2) is 11.8. The number of thiazole rings is 1. The Labute approximate surface area is 245 Å². The van der Waals surface area contributed by atoms with Crippen LogP contribution < -0.4 is 14.4 Å². The number of hydrogen-bond donors (Lipinski definition) is 1. The van der Waals surface area contributed by atoms with Crippen molar-refractivity contribution in [3.05, 3.63) is 64.1 Å². The summed E-state index contributed by atoms with van der Waals surface area (Å²) in [5, 5.41) is 5.75. The molecule has 0 bridgehead atoms. The first kappa shape index (κ1) is 30.0. The lowest BCUT2D eigenvalue weighted by molar-refractivity contribution is 0.0288. The van der Waals surface area contributed by atoms with E-state index in [1.807, 2.05) is 46.8 Å². The number of benzene rings is 2. The van der Waals surface area contributed by atoms with Gasteiger partial charge in [-0.1, -0.05) is 24.6 Å². The summed E-state index contributed by atoms with van der Waals surface area (Å²) in [4.78, 5) is 18.5. The molecular weight excluding hydrogens is 572 g/mol. The molecular formula is C28H35ClN4O5S2. The topological polar surface area (TPSA) is 101 Å². The minimum Gasteiger partial charge on any atom is -0.497 e. The standard InChI is InChI=1S/C28H35ClN4O5S2/c1-18-13-21(37-6)8-7-20(18)16-33(26-30-11-12-39-26)40(35,36)22-9-10-24(23(29)14-22)31-25-17-32(15-19(25)2)27(34)38-28(3,4)5/h7-14,19,25,31H,15-17H2,1-6H3/t19-,25?/m1/s1. The first-order chi connectivity index (χ1) is 18.8. The van der Waals surface area contributed by atoms with Crippen molar-refractivity contribution < 1.29 is 22.7 Å². The number of likely N-dealkylation sites (tertiary alicyclic amines) is 1. The second-order valence-electron chi connectivity index (χ2n) is 10.9. The number of carbonyl (C=O) groups is 1. The average Bonchev–Trinajstić information content (AvgIpc) is 3.53. The summed E-state index contributed by atoms with van der Waals surface area (Å²) in [5.74, 6) is 0.839. The fourth-order valence-corrected chi connectivity index (χ4v) is 7.05. The molecule has 2 heterocycles. The van der Waals surface area contributed by atoms with Crippen molar-refractivity contribution in [3.63, 3.8) is 0 Å². The molecule has 1 aliphatic heterocycles. The van der Waals surface area contributed by atoms with E-state index in [0.29, 0.717) is 29.7 Å². The van der Waals surface area contributed by atoms with Gasteiger partial charge in [0.1, 0.15) is 11.4 Å². The molecule has 1 amide bonds. The highest BCUT2D eigenvalue weighted by Crippen LogP contribution is 2.33. The lowest BCUT2D eigenvalue weighted by Crippen LogP contribution is -2.36. The van der Waals surface area contributed by atoms with E-state index < -0.39 is 15.6 Å². The zero-order valence-corrected chi connectivity index (χ0v) is 25.9. The zero-order valence-electron chi connectivity index (χ0n) is 23.5. The summed E-state index contributed by atoms with van der Waals surface area (Å²) >= 11 is 7.86. The number of aromatic nitrogens is 1. The third kappa shape index (κ3) is 6.82. The lowest BCUT2D eigenvalue weighted by Gasteiger charge is -2.25. The molecule has 1 aliphatic rings. The number of hydrogen-bond acceptors (Lipinski definition) is 8. The molecule has 0 spiro atoms. The van der Waals surface area contributed by atoms with E-state index in [9.17, 15) is 13.2 Å². The van der Waals surface area contributed by atoms with Crippen LogP contribution in [0.25, 0.3) is 0 Å². The largest absolute Gasteiger partial charge is 0.497 e. The molecule has 1 fully saturated rings. The van der Waals surface area contributed by atoms with Gasteiger partial charge in [0.2, 0.25) is 0 Å². The minimum atomic E-state index is -4.00. The molecule has 12 heteroatoms. The Morgan fingerprint density at radius 2 is 1.98 bits per heavy atom. The molecule has 0 saturated carbocycles. The Morgan fingerprint density at radius 1 is 1.23 bits per heavy atom. The third-order valence-corrected chi connectivity index (χ3v) is 9.58.